The average Bonchev–Trinajstić information content (AvgIpc) is 2.20. The van der Waals surface area contributed by atoms with Crippen molar-refractivity contribution in [3.05, 3.63) is 0 Å². The summed E-state index contributed by atoms with van der Waals surface area (Å²) in [5, 5.41) is 13.3. The third kappa shape index (κ3) is 4.39. The molecule has 0 aromatic heterocycles. The largest absolute Gasteiger partial charge is 0.388 e. The van der Waals surface area contributed by atoms with Crippen LogP contribution >= 0.6 is 0 Å². The van der Waals surface area contributed by atoms with Crippen LogP contribution < -0.4 is 11.1 Å². The Bertz CT molecular complexity index is 243. The second kappa shape index (κ2) is 5.53. The maximum absolute atomic E-state index is 10.3. The molecule has 0 saturated heterocycles. The Hall–Kier alpha value is -0.770. The van der Waals surface area contributed by atoms with Crippen molar-refractivity contribution in [1.82, 2.24) is 5.32 Å². The van der Waals surface area contributed by atoms with Gasteiger partial charge in [0.1, 0.15) is 0 Å². The molecule has 0 spiro atoms. The number of hydrogen-bond donors (Lipinski definition) is 3. The Morgan fingerprint density at radius 2 is 2.06 bits per heavy atom. The van der Waals surface area contributed by atoms with Crippen molar-refractivity contribution in [2.24, 2.45) is 16.6 Å². The second-order valence-corrected chi connectivity index (χ2v) is 5.41. The van der Waals surface area contributed by atoms with Crippen molar-refractivity contribution in [3.8, 4) is 0 Å². The van der Waals surface area contributed by atoms with Gasteiger partial charge in [-0.3, -0.25) is 4.99 Å². The molecule has 0 unspecified atom stereocenters. The van der Waals surface area contributed by atoms with E-state index in [1.165, 1.54) is 0 Å². The molecule has 0 amide bonds. The van der Waals surface area contributed by atoms with E-state index in [0.29, 0.717) is 12.5 Å². The van der Waals surface area contributed by atoms with E-state index in [1.54, 1.807) is 0 Å². The quantitative estimate of drug-likeness (QED) is 0.502. The summed E-state index contributed by atoms with van der Waals surface area (Å²) in [7, 11) is 0. The summed E-state index contributed by atoms with van der Waals surface area (Å²) >= 11 is 0. The van der Waals surface area contributed by atoms with Gasteiger partial charge in [0.15, 0.2) is 5.96 Å². The van der Waals surface area contributed by atoms with Crippen LogP contribution in [0.1, 0.15) is 46.5 Å². The van der Waals surface area contributed by atoms with Crippen LogP contribution in [0.3, 0.4) is 0 Å². The standard InChI is InChI=1S/C12H25N3O/c1-9(2)15-11(13)14-8-12(16)6-4-10(3)5-7-12/h9-10,16H,4-8H2,1-3H3,(H3,13,14,15). The zero-order valence-corrected chi connectivity index (χ0v) is 10.7. The summed E-state index contributed by atoms with van der Waals surface area (Å²) in [6.07, 6.45) is 3.85. The minimum absolute atomic E-state index is 0.282. The second-order valence-electron chi connectivity index (χ2n) is 5.41. The molecule has 1 aliphatic carbocycles. The SMILES string of the molecule is CC1CCC(O)(CN=C(N)NC(C)C)CC1. The first kappa shape index (κ1) is 13.3. The molecule has 94 valence electrons. The van der Waals surface area contributed by atoms with E-state index in [0.717, 1.165) is 31.6 Å². The van der Waals surface area contributed by atoms with Gasteiger partial charge in [0.25, 0.3) is 0 Å². The molecule has 0 aromatic rings. The number of hydrogen-bond acceptors (Lipinski definition) is 2. The molecule has 0 atom stereocenters. The maximum atomic E-state index is 10.3. The highest BCUT2D eigenvalue weighted by molar-refractivity contribution is 5.78. The van der Waals surface area contributed by atoms with Gasteiger partial charge in [-0.05, 0) is 45.4 Å². The molecule has 0 radical (unpaired) electrons. The molecule has 1 rings (SSSR count). The Labute approximate surface area is 98.3 Å². The molecular formula is C12H25N3O. The van der Waals surface area contributed by atoms with Crippen LogP contribution in [0.4, 0.5) is 0 Å². The van der Waals surface area contributed by atoms with Gasteiger partial charge in [0.05, 0.1) is 12.1 Å². The van der Waals surface area contributed by atoms with Gasteiger partial charge >= 0.3 is 0 Å². The molecule has 1 fully saturated rings. The van der Waals surface area contributed by atoms with Gasteiger partial charge in [0.2, 0.25) is 0 Å². The van der Waals surface area contributed by atoms with Gasteiger partial charge in [0, 0.05) is 6.04 Å². The van der Waals surface area contributed by atoms with Crippen molar-refractivity contribution in [1.29, 1.82) is 0 Å². The van der Waals surface area contributed by atoms with Crippen molar-refractivity contribution < 1.29 is 5.11 Å². The average molecular weight is 227 g/mol. The van der Waals surface area contributed by atoms with Crippen LogP contribution in [-0.2, 0) is 0 Å². The number of nitrogens with one attached hydrogen (secondary N) is 1. The van der Waals surface area contributed by atoms with Crippen LogP contribution in [-0.4, -0.2) is 29.3 Å². The number of nitrogens with zero attached hydrogens (tertiary/aromatic N) is 1. The van der Waals surface area contributed by atoms with Gasteiger partial charge in [-0.25, -0.2) is 0 Å². The third-order valence-electron chi connectivity index (χ3n) is 3.19. The Morgan fingerprint density at radius 1 is 1.50 bits per heavy atom. The zero-order valence-electron chi connectivity index (χ0n) is 10.7. The lowest BCUT2D eigenvalue weighted by Crippen LogP contribution is -2.41. The summed E-state index contributed by atoms with van der Waals surface area (Å²) in [6.45, 7) is 6.68. The molecule has 0 aromatic carbocycles. The predicted octanol–water partition coefficient (Wildman–Crippen LogP) is 1.24. The maximum Gasteiger partial charge on any atom is 0.188 e. The number of nitrogens with two attached hydrogens (primary N) is 1. The molecule has 0 heterocycles. The van der Waals surface area contributed by atoms with Crippen molar-refractivity contribution in [2.75, 3.05) is 6.54 Å². The Balaban J connectivity index is 2.41. The molecule has 1 saturated carbocycles. The number of guanidine groups is 1. The van der Waals surface area contributed by atoms with Gasteiger partial charge in [-0.1, -0.05) is 6.92 Å². The third-order valence-corrected chi connectivity index (χ3v) is 3.19. The first-order chi connectivity index (χ1) is 7.41. The van der Waals surface area contributed by atoms with Crippen molar-refractivity contribution in [3.63, 3.8) is 0 Å². The highest BCUT2D eigenvalue weighted by Gasteiger charge is 2.31. The molecule has 1 aliphatic rings. The fourth-order valence-electron chi connectivity index (χ4n) is 2.03. The molecule has 16 heavy (non-hydrogen) atoms. The number of aliphatic imine (C=N–C) groups is 1. The minimum Gasteiger partial charge on any atom is -0.388 e. The van der Waals surface area contributed by atoms with Crippen LogP contribution in [0.5, 0.6) is 0 Å². The summed E-state index contributed by atoms with van der Waals surface area (Å²) in [6, 6.07) is 0.282. The van der Waals surface area contributed by atoms with Gasteiger partial charge < -0.3 is 16.2 Å². The summed E-state index contributed by atoms with van der Waals surface area (Å²) in [4.78, 5) is 4.22. The van der Waals surface area contributed by atoms with E-state index in [-0.39, 0.29) is 6.04 Å². The highest BCUT2D eigenvalue weighted by atomic mass is 16.3. The van der Waals surface area contributed by atoms with Gasteiger partial charge in [-0.2, -0.15) is 0 Å². The molecule has 4 heteroatoms. The molecule has 0 aliphatic heterocycles. The fraction of sp³-hybridized carbons (Fsp3) is 0.917. The first-order valence-electron chi connectivity index (χ1n) is 6.20. The predicted molar refractivity (Wildman–Crippen MR) is 67.3 cm³/mol. The fourth-order valence-corrected chi connectivity index (χ4v) is 2.03. The van der Waals surface area contributed by atoms with E-state index < -0.39 is 5.60 Å². The number of aliphatic hydroxyl groups is 1. The van der Waals surface area contributed by atoms with Crippen molar-refractivity contribution >= 4 is 5.96 Å². The van der Waals surface area contributed by atoms with Crippen LogP contribution in [0, 0.1) is 5.92 Å². The summed E-state index contributed by atoms with van der Waals surface area (Å²) in [5.41, 5.74) is 5.08. The van der Waals surface area contributed by atoms with Gasteiger partial charge in [-0.15, -0.1) is 0 Å². The normalized spacial score (nSPS) is 31.8. The lowest BCUT2D eigenvalue weighted by molar-refractivity contribution is 0.00166. The van der Waals surface area contributed by atoms with E-state index in [4.69, 9.17) is 5.73 Å². The van der Waals surface area contributed by atoms with Crippen LogP contribution in [0.25, 0.3) is 0 Å². The highest BCUT2D eigenvalue weighted by Crippen LogP contribution is 2.31. The van der Waals surface area contributed by atoms with Crippen molar-refractivity contribution in [2.45, 2.75) is 58.1 Å². The summed E-state index contributed by atoms with van der Waals surface area (Å²) in [5.74, 6) is 1.16. The zero-order chi connectivity index (χ0) is 12.2. The smallest absolute Gasteiger partial charge is 0.188 e. The lowest BCUT2D eigenvalue weighted by atomic mass is 9.80. The molecule has 4 nitrogen and oxygen atoms in total. The van der Waals surface area contributed by atoms with Crippen LogP contribution in [0.15, 0.2) is 4.99 Å². The van der Waals surface area contributed by atoms with E-state index in [9.17, 15) is 5.11 Å². The van der Waals surface area contributed by atoms with E-state index in [2.05, 4.69) is 17.2 Å². The molecule has 0 bridgehead atoms. The summed E-state index contributed by atoms with van der Waals surface area (Å²) < 4.78 is 0. The molecule has 4 N–H and O–H groups in total. The number of rotatable bonds is 3. The van der Waals surface area contributed by atoms with Crippen LogP contribution in [0.2, 0.25) is 0 Å². The monoisotopic (exact) mass is 227 g/mol. The molecular weight excluding hydrogens is 202 g/mol. The first-order valence-corrected chi connectivity index (χ1v) is 6.20. The van der Waals surface area contributed by atoms with E-state index in [1.807, 2.05) is 13.8 Å². The Kier molecular flexibility index (Phi) is 4.59. The lowest BCUT2D eigenvalue weighted by Gasteiger charge is -2.33. The van der Waals surface area contributed by atoms with E-state index >= 15 is 0 Å². The Morgan fingerprint density at radius 3 is 2.56 bits per heavy atom. The minimum atomic E-state index is -0.629. The topological polar surface area (TPSA) is 70.6 Å².